The molecule has 4 nitrogen and oxygen atoms in total. The Morgan fingerprint density at radius 2 is 2.00 bits per heavy atom. The summed E-state index contributed by atoms with van der Waals surface area (Å²) in [5, 5.41) is 15.0. The number of anilines is 1. The molecule has 3 unspecified atom stereocenters. The first-order chi connectivity index (χ1) is 10.3. The normalized spacial score (nSPS) is 28.3. The average molecular weight is 282 g/mol. The van der Waals surface area contributed by atoms with Gasteiger partial charge in [-0.2, -0.15) is 5.10 Å². The molecule has 0 spiro atoms. The molecule has 3 heterocycles. The maximum atomic E-state index is 4.57. The minimum absolute atomic E-state index is 0.588. The van der Waals surface area contributed by atoms with Crippen LogP contribution in [0, 0.1) is 18.8 Å². The Morgan fingerprint density at radius 1 is 1.19 bits per heavy atom. The molecule has 4 heteroatoms. The molecule has 4 rings (SSSR count). The van der Waals surface area contributed by atoms with E-state index in [4.69, 9.17) is 0 Å². The number of benzene rings is 1. The Hall–Kier alpha value is -1.68. The Kier molecular flexibility index (Phi) is 3.07. The van der Waals surface area contributed by atoms with E-state index in [0.29, 0.717) is 6.04 Å². The lowest BCUT2D eigenvalue weighted by molar-refractivity contribution is 0.441. The van der Waals surface area contributed by atoms with Gasteiger partial charge in [-0.25, -0.2) is 0 Å². The molecule has 1 N–H and O–H groups in total. The van der Waals surface area contributed by atoms with Crippen molar-refractivity contribution in [1.29, 1.82) is 0 Å². The molecular formula is C17H22N4. The van der Waals surface area contributed by atoms with Crippen LogP contribution in [-0.2, 0) is 0 Å². The third kappa shape index (κ3) is 1.93. The largest absolute Gasteiger partial charge is 0.351 e. The van der Waals surface area contributed by atoms with E-state index in [-0.39, 0.29) is 0 Å². The molecule has 0 aliphatic carbocycles. The number of nitrogens with one attached hydrogen (secondary N) is 1. The van der Waals surface area contributed by atoms with Gasteiger partial charge in [0.2, 0.25) is 0 Å². The number of fused-ring (bicyclic) bond motifs is 2. The number of hydrogen-bond donors (Lipinski definition) is 1. The molecule has 2 aromatic rings. The fraction of sp³-hybridized carbons (Fsp3) is 0.529. The summed E-state index contributed by atoms with van der Waals surface area (Å²) < 4.78 is 0. The molecule has 0 amide bonds. The van der Waals surface area contributed by atoms with E-state index < -0.39 is 0 Å². The lowest BCUT2D eigenvalue weighted by Gasteiger charge is -2.28. The van der Waals surface area contributed by atoms with Crippen LogP contribution in [0.1, 0.15) is 19.0 Å². The van der Waals surface area contributed by atoms with Crippen LogP contribution in [0.3, 0.4) is 0 Å². The smallest absolute Gasteiger partial charge is 0.159 e. The molecule has 1 aromatic heterocycles. The molecule has 2 fully saturated rings. The zero-order valence-corrected chi connectivity index (χ0v) is 12.7. The van der Waals surface area contributed by atoms with Crippen LogP contribution in [0.5, 0.6) is 0 Å². The first-order valence-corrected chi connectivity index (χ1v) is 7.99. The average Bonchev–Trinajstić information content (AvgIpc) is 3.08. The summed E-state index contributed by atoms with van der Waals surface area (Å²) >= 11 is 0. The van der Waals surface area contributed by atoms with Crippen molar-refractivity contribution >= 4 is 16.6 Å². The Balaban J connectivity index is 1.82. The molecule has 110 valence electrons. The third-order valence-corrected chi connectivity index (χ3v) is 5.26. The van der Waals surface area contributed by atoms with Gasteiger partial charge in [0.15, 0.2) is 5.82 Å². The van der Waals surface area contributed by atoms with Crippen LogP contribution >= 0.6 is 0 Å². The monoisotopic (exact) mass is 282 g/mol. The zero-order chi connectivity index (χ0) is 14.4. The van der Waals surface area contributed by atoms with Crippen molar-refractivity contribution in [2.75, 3.05) is 24.5 Å². The second-order valence-corrected chi connectivity index (χ2v) is 6.36. The van der Waals surface area contributed by atoms with Crippen LogP contribution in [-0.4, -0.2) is 35.9 Å². The zero-order valence-electron chi connectivity index (χ0n) is 12.7. The van der Waals surface area contributed by atoms with Crippen LogP contribution in [0.2, 0.25) is 0 Å². The van der Waals surface area contributed by atoms with Gasteiger partial charge < -0.3 is 10.2 Å². The van der Waals surface area contributed by atoms with Gasteiger partial charge in [-0.1, -0.05) is 31.2 Å². The molecule has 2 aliphatic heterocycles. The second-order valence-electron chi connectivity index (χ2n) is 6.36. The van der Waals surface area contributed by atoms with E-state index >= 15 is 0 Å². The van der Waals surface area contributed by atoms with E-state index in [9.17, 15) is 0 Å². The lowest BCUT2D eigenvalue weighted by Crippen LogP contribution is -2.36. The van der Waals surface area contributed by atoms with E-state index in [1.54, 1.807) is 0 Å². The fourth-order valence-electron chi connectivity index (χ4n) is 4.23. The Morgan fingerprint density at radius 3 is 2.81 bits per heavy atom. The van der Waals surface area contributed by atoms with Gasteiger partial charge >= 0.3 is 0 Å². The minimum atomic E-state index is 0.588. The highest BCUT2D eigenvalue weighted by Crippen LogP contribution is 2.39. The maximum absolute atomic E-state index is 4.57. The molecule has 0 saturated carbocycles. The maximum Gasteiger partial charge on any atom is 0.159 e. The van der Waals surface area contributed by atoms with Crippen LogP contribution < -0.4 is 10.2 Å². The number of rotatable bonds is 2. The van der Waals surface area contributed by atoms with E-state index in [2.05, 4.69) is 51.6 Å². The van der Waals surface area contributed by atoms with Crippen molar-refractivity contribution < 1.29 is 0 Å². The summed E-state index contributed by atoms with van der Waals surface area (Å²) in [6.45, 7) is 7.74. The summed E-state index contributed by atoms with van der Waals surface area (Å²) in [5.41, 5.74) is 1.02. The number of nitrogens with zero attached hydrogens (tertiary/aromatic N) is 3. The van der Waals surface area contributed by atoms with Crippen LogP contribution in [0.25, 0.3) is 10.8 Å². The summed E-state index contributed by atoms with van der Waals surface area (Å²) in [4.78, 5) is 2.52. The predicted octanol–water partition coefficient (Wildman–Crippen LogP) is 2.37. The van der Waals surface area contributed by atoms with Crippen molar-refractivity contribution in [2.24, 2.45) is 11.8 Å². The summed E-state index contributed by atoms with van der Waals surface area (Å²) in [6, 6.07) is 9.12. The highest BCUT2D eigenvalue weighted by atomic mass is 15.3. The lowest BCUT2D eigenvalue weighted by atomic mass is 9.93. The van der Waals surface area contributed by atoms with E-state index in [1.807, 2.05) is 6.92 Å². The topological polar surface area (TPSA) is 41.0 Å². The van der Waals surface area contributed by atoms with Crippen LogP contribution in [0.4, 0.5) is 5.82 Å². The predicted molar refractivity (Wildman–Crippen MR) is 85.5 cm³/mol. The first kappa shape index (κ1) is 13.0. The van der Waals surface area contributed by atoms with Gasteiger partial charge in [0, 0.05) is 36.4 Å². The van der Waals surface area contributed by atoms with Gasteiger partial charge in [0.1, 0.15) is 0 Å². The van der Waals surface area contributed by atoms with Gasteiger partial charge in [-0.3, -0.25) is 0 Å². The molecule has 2 aliphatic rings. The number of aryl methyl sites for hydroxylation is 1. The quantitative estimate of drug-likeness (QED) is 0.918. The molecule has 0 radical (unpaired) electrons. The first-order valence-electron chi connectivity index (χ1n) is 7.99. The standard InChI is InChI=1S/C17H22N4/c1-3-16-15-9-18-8-12(15)10-21(16)17-14-7-5-4-6-13(14)11(2)19-20-17/h4-7,12,15-16,18H,3,8-10H2,1-2H3. The molecule has 21 heavy (non-hydrogen) atoms. The molecule has 1 aromatic carbocycles. The van der Waals surface area contributed by atoms with E-state index in [0.717, 1.165) is 43.0 Å². The highest BCUT2D eigenvalue weighted by molar-refractivity contribution is 5.93. The van der Waals surface area contributed by atoms with Crippen molar-refractivity contribution in [3.8, 4) is 0 Å². The van der Waals surface area contributed by atoms with Gasteiger partial charge in [0.05, 0.1) is 5.69 Å². The van der Waals surface area contributed by atoms with Gasteiger partial charge in [-0.05, 0) is 25.2 Å². The molecular weight excluding hydrogens is 260 g/mol. The van der Waals surface area contributed by atoms with Crippen molar-refractivity contribution in [1.82, 2.24) is 15.5 Å². The minimum Gasteiger partial charge on any atom is -0.351 e. The fourth-order valence-corrected chi connectivity index (χ4v) is 4.23. The Bertz CT molecular complexity index is 669. The summed E-state index contributed by atoms with van der Waals surface area (Å²) in [6.07, 6.45) is 1.17. The SMILES string of the molecule is CCC1C2CNCC2CN1c1nnc(C)c2ccccc12. The van der Waals surface area contributed by atoms with Crippen molar-refractivity contribution in [2.45, 2.75) is 26.3 Å². The van der Waals surface area contributed by atoms with E-state index in [1.165, 1.54) is 17.2 Å². The van der Waals surface area contributed by atoms with Gasteiger partial charge in [0.25, 0.3) is 0 Å². The van der Waals surface area contributed by atoms with Crippen molar-refractivity contribution in [3.63, 3.8) is 0 Å². The third-order valence-electron chi connectivity index (χ3n) is 5.26. The van der Waals surface area contributed by atoms with Crippen molar-refractivity contribution in [3.05, 3.63) is 30.0 Å². The van der Waals surface area contributed by atoms with Gasteiger partial charge in [-0.15, -0.1) is 5.10 Å². The van der Waals surface area contributed by atoms with Crippen LogP contribution in [0.15, 0.2) is 24.3 Å². The number of aromatic nitrogens is 2. The molecule has 0 bridgehead atoms. The second kappa shape index (κ2) is 4.95. The molecule has 3 atom stereocenters. The summed E-state index contributed by atoms with van der Waals surface area (Å²) in [7, 11) is 0. The highest BCUT2D eigenvalue weighted by Gasteiger charge is 2.44. The molecule has 2 saturated heterocycles. The Labute approximate surface area is 125 Å². The number of hydrogen-bond acceptors (Lipinski definition) is 4. The summed E-state index contributed by atoms with van der Waals surface area (Å²) in [5.74, 6) is 2.60.